The Hall–Kier alpha value is -3.84. The molecular formula is C38H35B. The average molecular weight is 503 g/mol. The zero-order chi connectivity index (χ0) is 26.8. The molecule has 0 bridgehead atoms. The molecule has 1 fully saturated rings. The maximum Gasteiger partial charge on any atom is 0.176 e. The Morgan fingerprint density at radius 3 is 1.87 bits per heavy atom. The third-order valence-corrected chi connectivity index (χ3v) is 9.96. The number of fused-ring (bicyclic) bond motifs is 4. The van der Waals surface area contributed by atoms with Crippen molar-refractivity contribution in [1.29, 1.82) is 0 Å². The van der Waals surface area contributed by atoms with Crippen molar-refractivity contribution in [1.82, 2.24) is 0 Å². The topological polar surface area (TPSA) is 0 Å². The molecular weight excluding hydrogens is 467 g/mol. The summed E-state index contributed by atoms with van der Waals surface area (Å²) in [4.78, 5) is 0. The fourth-order valence-electron chi connectivity index (χ4n) is 6.95. The van der Waals surface area contributed by atoms with Gasteiger partial charge in [-0.05, 0) is 83.6 Å². The van der Waals surface area contributed by atoms with Gasteiger partial charge in [-0.1, -0.05) is 143 Å². The number of rotatable bonds is 3. The van der Waals surface area contributed by atoms with Crippen molar-refractivity contribution < 1.29 is 0 Å². The van der Waals surface area contributed by atoms with Crippen LogP contribution in [0.15, 0.2) is 115 Å². The van der Waals surface area contributed by atoms with Crippen molar-refractivity contribution in [2.45, 2.75) is 40.3 Å². The van der Waals surface area contributed by atoms with E-state index in [0.29, 0.717) is 17.5 Å². The predicted octanol–water partition coefficient (Wildman–Crippen LogP) is 10.2. The molecule has 6 aromatic rings. The fourth-order valence-corrected chi connectivity index (χ4v) is 6.95. The van der Waals surface area contributed by atoms with Crippen LogP contribution < -0.4 is 5.46 Å². The monoisotopic (exact) mass is 502 g/mol. The summed E-state index contributed by atoms with van der Waals surface area (Å²) < 4.78 is 0. The maximum atomic E-state index is 2.44. The van der Waals surface area contributed by atoms with Gasteiger partial charge >= 0.3 is 0 Å². The molecule has 0 nitrogen and oxygen atoms in total. The second-order valence-corrected chi connectivity index (χ2v) is 13.0. The standard InChI is InChI=1S/C38H35B/c1-37(2)24-39(25-38(37,3)4)32-19-18-28-20-27(16-17-29(28)22-32)26-11-9-12-30(21-26)36-23-31-10-5-6-13-33(31)34-14-7-8-15-35(34)36/h5-23H,24-25H2,1-4H3. The van der Waals surface area contributed by atoms with Crippen molar-refractivity contribution in [2.24, 2.45) is 10.8 Å². The van der Waals surface area contributed by atoms with E-state index in [1.807, 2.05) is 0 Å². The van der Waals surface area contributed by atoms with Gasteiger partial charge in [0.1, 0.15) is 0 Å². The lowest BCUT2D eigenvalue weighted by Gasteiger charge is -2.35. The van der Waals surface area contributed by atoms with Crippen LogP contribution in [0.4, 0.5) is 0 Å². The van der Waals surface area contributed by atoms with Crippen LogP contribution in [0.5, 0.6) is 0 Å². The number of hydrogen-bond acceptors (Lipinski definition) is 0. The second-order valence-electron chi connectivity index (χ2n) is 13.0. The van der Waals surface area contributed by atoms with Crippen molar-refractivity contribution in [2.75, 3.05) is 0 Å². The van der Waals surface area contributed by atoms with Crippen molar-refractivity contribution >= 4 is 44.5 Å². The van der Waals surface area contributed by atoms with E-state index in [2.05, 4.69) is 143 Å². The van der Waals surface area contributed by atoms with Crippen molar-refractivity contribution in [3.05, 3.63) is 115 Å². The molecule has 1 aliphatic rings. The molecule has 0 atom stereocenters. The Kier molecular flexibility index (Phi) is 5.50. The summed E-state index contributed by atoms with van der Waals surface area (Å²) in [7, 11) is 0. The highest BCUT2D eigenvalue weighted by atomic mass is 14.4. The van der Waals surface area contributed by atoms with E-state index in [-0.39, 0.29) is 0 Å². The fraction of sp³-hybridized carbons (Fsp3) is 0.211. The Bertz CT molecular complexity index is 1860. The lowest BCUT2D eigenvalue weighted by molar-refractivity contribution is 0.177. The molecule has 0 aromatic heterocycles. The summed E-state index contributed by atoms with van der Waals surface area (Å²) >= 11 is 0. The lowest BCUT2D eigenvalue weighted by atomic mass is 9.42. The minimum absolute atomic E-state index is 0.373. The summed E-state index contributed by atoms with van der Waals surface area (Å²) in [5, 5.41) is 7.87. The molecule has 1 heterocycles. The first-order valence-corrected chi connectivity index (χ1v) is 14.3. The quantitative estimate of drug-likeness (QED) is 0.167. The van der Waals surface area contributed by atoms with Crippen LogP contribution in [0.25, 0.3) is 54.6 Å². The summed E-state index contributed by atoms with van der Waals surface area (Å²) in [5.74, 6) is 0. The molecule has 6 aromatic carbocycles. The van der Waals surface area contributed by atoms with Gasteiger partial charge in [0.25, 0.3) is 0 Å². The predicted molar refractivity (Wildman–Crippen MR) is 172 cm³/mol. The summed E-state index contributed by atoms with van der Waals surface area (Å²) in [5.41, 5.74) is 7.32. The molecule has 0 radical (unpaired) electrons. The normalized spacial score (nSPS) is 16.4. The molecule has 190 valence electrons. The van der Waals surface area contributed by atoms with Crippen LogP contribution in [0.1, 0.15) is 27.7 Å². The van der Waals surface area contributed by atoms with Gasteiger partial charge < -0.3 is 0 Å². The Morgan fingerprint density at radius 2 is 1.08 bits per heavy atom. The third kappa shape index (κ3) is 4.07. The van der Waals surface area contributed by atoms with Crippen LogP contribution >= 0.6 is 0 Å². The summed E-state index contributed by atoms with van der Waals surface area (Å²) in [6.07, 6.45) is 2.53. The van der Waals surface area contributed by atoms with Gasteiger partial charge in [-0.2, -0.15) is 0 Å². The highest BCUT2D eigenvalue weighted by molar-refractivity contribution is 6.74. The molecule has 0 aliphatic carbocycles. The van der Waals surface area contributed by atoms with Crippen LogP contribution in [-0.2, 0) is 0 Å². The molecule has 1 heteroatoms. The third-order valence-electron chi connectivity index (χ3n) is 9.96. The highest BCUT2D eigenvalue weighted by Crippen LogP contribution is 2.52. The van der Waals surface area contributed by atoms with Crippen LogP contribution in [0.3, 0.4) is 0 Å². The Balaban J connectivity index is 1.27. The highest BCUT2D eigenvalue weighted by Gasteiger charge is 2.47. The first kappa shape index (κ1) is 24.2. The zero-order valence-electron chi connectivity index (χ0n) is 23.5. The molecule has 1 aliphatic heterocycles. The molecule has 0 unspecified atom stereocenters. The van der Waals surface area contributed by atoms with Gasteiger partial charge in [0, 0.05) is 0 Å². The van der Waals surface area contributed by atoms with Gasteiger partial charge in [-0.3, -0.25) is 0 Å². The van der Waals surface area contributed by atoms with Crippen LogP contribution in [-0.4, -0.2) is 6.71 Å². The van der Waals surface area contributed by atoms with Gasteiger partial charge in [0.2, 0.25) is 0 Å². The molecule has 39 heavy (non-hydrogen) atoms. The van der Waals surface area contributed by atoms with Crippen molar-refractivity contribution in [3.8, 4) is 22.3 Å². The molecule has 0 N–H and O–H groups in total. The summed E-state index contributed by atoms with van der Waals surface area (Å²) in [6, 6.07) is 43.0. The number of hydrogen-bond donors (Lipinski definition) is 0. The molecule has 0 saturated carbocycles. The smallest absolute Gasteiger partial charge is 0.0794 e. The van der Waals surface area contributed by atoms with E-state index >= 15 is 0 Å². The second kappa shape index (κ2) is 8.85. The van der Waals surface area contributed by atoms with E-state index in [0.717, 1.165) is 0 Å². The van der Waals surface area contributed by atoms with E-state index in [9.17, 15) is 0 Å². The van der Waals surface area contributed by atoms with E-state index in [1.165, 1.54) is 72.7 Å². The van der Waals surface area contributed by atoms with Gasteiger partial charge in [0.05, 0.1) is 0 Å². The van der Waals surface area contributed by atoms with Crippen LogP contribution in [0.2, 0.25) is 12.6 Å². The van der Waals surface area contributed by atoms with Crippen LogP contribution in [0, 0.1) is 10.8 Å². The van der Waals surface area contributed by atoms with Gasteiger partial charge in [-0.25, -0.2) is 0 Å². The minimum atomic E-state index is 0.373. The van der Waals surface area contributed by atoms with Gasteiger partial charge in [-0.15, -0.1) is 0 Å². The molecule has 0 spiro atoms. The molecule has 0 amide bonds. The average Bonchev–Trinajstić information content (AvgIpc) is 3.18. The first-order valence-electron chi connectivity index (χ1n) is 14.3. The molecule has 7 rings (SSSR count). The van der Waals surface area contributed by atoms with Crippen molar-refractivity contribution in [3.63, 3.8) is 0 Å². The van der Waals surface area contributed by atoms with E-state index in [1.54, 1.807) is 0 Å². The Labute approximate surface area is 232 Å². The van der Waals surface area contributed by atoms with Gasteiger partial charge in [0.15, 0.2) is 6.71 Å². The lowest BCUT2D eigenvalue weighted by Crippen LogP contribution is -2.27. The maximum absolute atomic E-state index is 2.44. The Morgan fingerprint density at radius 1 is 0.462 bits per heavy atom. The zero-order valence-corrected chi connectivity index (χ0v) is 23.5. The van der Waals surface area contributed by atoms with E-state index in [4.69, 9.17) is 0 Å². The number of benzene rings is 6. The first-order chi connectivity index (χ1) is 18.8. The molecule has 1 saturated heterocycles. The summed E-state index contributed by atoms with van der Waals surface area (Å²) in [6.45, 7) is 10.4. The minimum Gasteiger partial charge on any atom is -0.0794 e. The largest absolute Gasteiger partial charge is 0.176 e. The SMILES string of the molecule is CC1(C)CB(c2ccc3cc(-c4cccc(-c5cc6ccccc6c6ccccc56)c4)ccc3c2)CC1(C)C. The van der Waals surface area contributed by atoms with E-state index < -0.39 is 0 Å².